The molecule has 80 valence electrons. The molecule has 0 atom stereocenters. The second-order valence-electron chi connectivity index (χ2n) is 3.14. The van der Waals surface area contributed by atoms with Gasteiger partial charge in [0.2, 0.25) is 0 Å². The van der Waals surface area contributed by atoms with Gasteiger partial charge in [-0.3, -0.25) is 4.55 Å². The van der Waals surface area contributed by atoms with E-state index in [1.165, 1.54) is 24.3 Å². The van der Waals surface area contributed by atoms with E-state index in [0.29, 0.717) is 10.8 Å². The van der Waals surface area contributed by atoms with Crippen molar-refractivity contribution >= 4 is 50.4 Å². The first-order chi connectivity index (χ1) is 6.98. The van der Waals surface area contributed by atoms with Gasteiger partial charge in [-0.1, -0.05) is 18.2 Å². The van der Waals surface area contributed by atoms with Crippen molar-refractivity contribution in [1.29, 1.82) is 0 Å². The summed E-state index contributed by atoms with van der Waals surface area (Å²) in [6.07, 6.45) is 0. The molecular formula is C10H9NaO4S. The van der Waals surface area contributed by atoms with Crippen LogP contribution in [0.25, 0.3) is 10.8 Å². The van der Waals surface area contributed by atoms with Crippen LogP contribution in [0.15, 0.2) is 41.3 Å². The van der Waals surface area contributed by atoms with Crippen LogP contribution < -0.4 is 0 Å². The molecule has 16 heavy (non-hydrogen) atoms. The van der Waals surface area contributed by atoms with Crippen molar-refractivity contribution in [2.24, 2.45) is 0 Å². The maximum absolute atomic E-state index is 10.9. The molecule has 6 heteroatoms. The Morgan fingerprint density at radius 2 is 1.75 bits per heavy atom. The molecule has 0 saturated heterocycles. The second-order valence-corrected chi connectivity index (χ2v) is 4.56. The molecular weight excluding hydrogens is 239 g/mol. The number of benzene rings is 2. The van der Waals surface area contributed by atoms with Crippen molar-refractivity contribution in [3.8, 4) is 5.75 Å². The molecule has 0 spiro atoms. The summed E-state index contributed by atoms with van der Waals surface area (Å²) in [5, 5.41) is 10.6. The van der Waals surface area contributed by atoms with Crippen molar-refractivity contribution in [2.45, 2.75) is 4.90 Å². The van der Waals surface area contributed by atoms with Crippen LogP contribution in [0.2, 0.25) is 0 Å². The van der Waals surface area contributed by atoms with Crippen LogP contribution in [0.4, 0.5) is 0 Å². The van der Waals surface area contributed by atoms with Gasteiger partial charge in [0, 0.05) is 5.39 Å². The molecule has 0 fully saturated rings. The van der Waals surface area contributed by atoms with Crippen molar-refractivity contribution < 1.29 is 18.1 Å². The van der Waals surface area contributed by atoms with Gasteiger partial charge >= 0.3 is 29.6 Å². The first-order valence-corrected chi connectivity index (χ1v) is 5.62. The van der Waals surface area contributed by atoms with E-state index < -0.39 is 10.1 Å². The van der Waals surface area contributed by atoms with Gasteiger partial charge in [-0.25, -0.2) is 0 Å². The Bertz CT molecular complexity index is 622. The average molecular weight is 248 g/mol. The molecule has 0 aliphatic heterocycles. The van der Waals surface area contributed by atoms with Gasteiger partial charge in [0.1, 0.15) is 5.75 Å². The molecule has 4 nitrogen and oxygen atoms in total. The maximum atomic E-state index is 10.9. The molecule has 2 aromatic carbocycles. The molecule has 0 aliphatic carbocycles. The van der Waals surface area contributed by atoms with Crippen molar-refractivity contribution in [1.82, 2.24) is 0 Å². The quantitative estimate of drug-likeness (QED) is 0.586. The number of phenolic OH excluding ortho intramolecular Hbond substituents is 1. The Labute approximate surface area is 115 Å². The van der Waals surface area contributed by atoms with Gasteiger partial charge in [-0.2, -0.15) is 8.42 Å². The average Bonchev–Trinajstić information content (AvgIpc) is 2.16. The summed E-state index contributed by atoms with van der Waals surface area (Å²) in [5.74, 6) is -0.0157. The van der Waals surface area contributed by atoms with Crippen LogP contribution in [0.1, 0.15) is 0 Å². The second kappa shape index (κ2) is 4.73. The predicted molar refractivity (Wildman–Crippen MR) is 62.6 cm³/mol. The number of rotatable bonds is 1. The van der Waals surface area contributed by atoms with Crippen molar-refractivity contribution in [3.05, 3.63) is 36.4 Å². The van der Waals surface area contributed by atoms with E-state index in [-0.39, 0.29) is 40.2 Å². The summed E-state index contributed by atoms with van der Waals surface area (Å²) >= 11 is 0. The van der Waals surface area contributed by atoms with E-state index in [2.05, 4.69) is 0 Å². The third-order valence-electron chi connectivity index (χ3n) is 2.13. The molecule has 0 aromatic heterocycles. The fraction of sp³-hybridized carbons (Fsp3) is 0. The van der Waals surface area contributed by atoms with Crippen LogP contribution in [0, 0.1) is 0 Å². The topological polar surface area (TPSA) is 74.6 Å². The number of phenols is 1. The van der Waals surface area contributed by atoms with E-state index in [1.807, 2.05) is 0 Å². The first-order valence-electron chi connectivity index (χ1n) is 4.18. The van der Waals surface area contributed by atoms with E-state index in [4.69, 9.17) is 4.55 Å². The Balaban J connectivity index is 0.00000128. The molecule has 0 amide bonds. The van der Waals surface area contributed by atoms with E-state index in [1.54, 1.807) is 12.1 Å². The van der Waals surface area contributed by atoms with Gasteiger partial charge in [-0.15, -0.1) is 0 Å². The van der Waals surface area contributed by atoms with Gasteiger partial charge in [-0.05, 0) is 23.6 Å². The molecule has 0 unspecified atom stereocenters. The number of fused-ring (bicyclic) bond motifs is 1. The zero-order chi connectivity index (χ0) is 11.1. The normalized spacial score (nSPS) is 11.1. The summed E-state index contributed by atoms with van der Waals surface area (Å²) in [4.78, 5) is -0.225. The third-order valence-corrected chi connectivity index (χ3v) is 2.98. The van der Waals surface area contributed by atoms with Gasteiger partial charge < -0.3 is 5.11 Å². The molecule has 0 bridgehead atoms. The van der Waals surface area contributed by atoms with Crippen LogP contribution in [-0.4, -0.2) is 47.6 Å². The molecule has 2 aromatic rings. The van der Waals surface area contributed by atoms with Gasteiger partial charge in [0.05, 0.1) is 4.90 Å². The Kier molecular flexibility index (Phi) is 3.98. The Morgan fingerprint density at radius 3 is 2.38 bits per heavy atom. The standard InChI is InChI=1S/C10H8O4S.Na.H/c11-10-3-1-2-7-4-5-8(6-9(7)10)15(12,13)14;;/h1-6,11H,(H,12,13,14);;. The monoisotopic (exact) mass is 248 g/mol. The van der Waals surface area contributed by atoms with Gasteiger partial charge in [0.15, 0.2) is 0 Å². The number of hydrogen-bond acceptors (Lipinski definition) is 3. The third kappa shape index (κ3) is 2.56. The first kappa shape index (κ1) is 13.5. The van der Waals surface area contributed by atoms with Gasteiger partial charge in [0.25, 0.3) is 10.1 Å². The molecule has 0 radical (unpaired) electrons. The zero-order valence-corrected chi connectivity index (χ0v) is 8.40. The summed E-state index contributed by atoms with van der Waals surface area (Å²) in [6, 6.07) is 8.90. The number of hydrogen-bond donors (Lipinski definition) is 2. The van der Waals surface area contributed by atoms with Crippen LogP contribution in [0.3, 0.4) is 0 Å². The molecule has 0 saturated carbocycles. The number of aromatic hydroxyl groups is 1. The molecule has 0 aliphatic rings. The molecule has 0 heterocycles. The predicted octanol–water partition coefficient (Wildman–Crippen LogP) is 1.14. The van der Waals surface area contributed by atoms with Crippen LogP contribution in [0.5, 0.6) is 5.75 Å². The fourth-order valence-electron chi connectivity index (χ4n) is 1.40. The zero-order valence-electron chi connectivity index (χ0n) is 7.58. The Hall–Kier alpha value is -0.590. The summed E-state index contributed by atoms with van der Waals surface area (Å²) < 4.78 is 30.6. The fourth-order valence-corrected chi connectivity index (χ4v) is 1.90. The Morgan fingerprint density at radius 1 is 1.06 bits per heavy atom. The SMILES string of the molecule is O=S(=O)(O)c1ccc2cccc(O)c2c1.[NaH]. The minimum atomic E-state index is -4.22. The van der Waals surface area contributed by atoms with Crippen LogP contribution in [-0.2, 0) is 10.1 Å². The van der Waals surface area contributed by atoms with E-state index in [0.717, 1.165) is 0 Å². The summed E-state index contributed by atoms with van der Waals surface area (Å²) in [7, 11) is -4.22. The van der Waals surface area contributed by atoms with Crippen molar-refractivity contribution in [2.75, 3.05) is 0 Å². The van der Waals surface area contributed by atoms with Crippen molar-refractivity contribution in [3.63, 3.8) is 0 Å². The van der Waals surface area contributed by atoms with E-state index >= 15 is 0 Å². The van der Waals surface area contributed by atoms with E-state index in [9.17, 15) is 13.5 Å². The molecule has 2 N–H and O–H groups in total. The summed E-state index contributed by atoms with van der Waals surface area (Å²) in [6.45, 7) is 0. The summed E-state index contributed by atoms with van der Waals surface area (Å²) in [5.41, 5.74) is 0. The molecule has 2 rings (SSSR count). The van der Waals surface area contributed by atoms with Crippen LogP contribution >= 0.6 is 0 Å². The minimum absolute atomic E-state index is 0.